The summed E-state index contributed by atoms with van der Waals surface area (Å²) in [6, 6.07) is 28.9. The van der Waals surface area contributed by atoms with Crippen molar-refractivity contribution < 1.29 is 22.4 Å². The first-order chi connectivity index (χ1) is 22.2. The molecule has 1 fully saturated rings. The van der Waals surface area contributed by atoms with Crippen molar-refractivity contribution in [3.05, 3.63) is 131 Å². The fourth-order valence-corrected chi connectivity index (χ4v) is 7.60. The molecule has 4 aromatic rings. The van der Waals surface area contributed by atoms with Gasteiger partial charge in [-0.25, -0.2) is 12.8 Å². The lowest BCUT2D eigenvalue weighted by molar-refractivity contribution is -0.140. The molecule has 7 nitrogen and oxygen atoms in total. The van der Waals surface area contributed by atoms with E-state index in [2.05, 4.69) is 21.2 Å². The van der Waals surface area contributed by atoms with E-state index in [1.807, 2.05) is 30.3 Å². The van der Waals surface area contributed by atoms with Gasteiger partial charge in [0.1, 0.15) is 18.4 Å². The van der Waals surface area contributed by atoms with Crippen LogP contribution in [0.25, 0.3) is 0 Å². The number of halogens is 2. The molecule has 0 aliphatic heterocycles. The molecule has 1 aliphatic carbocycles. The number of hydrogen-bond donors (Lipinski definition) is 1. The molecule has 4 aromatic carbocycles. The average Bonchev–Trinajstić information content (AvgIpc) is 3.07. The molecule has 46 heavy (non-hydrogen) atoms. The van der Waals surface area contributed by atoms with Gasteiger partial charge in [-0.1, -0.05) is 108 Å². The van der Waals surface area contributed by atoms with Gasteiger partial charge in [0.25, 0.3) is 10.0 Å². The van der Waals surface area contributed by atoms with Gasteiger partial charge in [0, 0.05) is 29.0 Å². The number of nitrogens with one attached hydrogen (secondary N) is 1. The molecule has 2 amide bonds. The highest BCUT2D eigenvalue weighted by atomic mass is 79.9. The fraction of sp³-hybridized carbons (Fsp3) is 0.278. The molecule has 5 rings (SSSR count). The SMILES string of the molecule is O=C(NC1CCCCC1)[C@H](Cc1ccccc1)N(Cc1ccccc1F)C(=O)CN(c1cccc(Br)c1)S(=O)(=O)c1ccccc1. The van der Waals surface area contributed by atoms with Crippen molar-refractivity contribution in [2.24, 2.45) is 0 Å². The molecular weight excluding hydrogens is 669 g/mol. The first-order valence-corrected chi connectivity index (χ1v) is 17.7. The zero-order valence-corrected chi connectivity index (χ0v) is 27.8. The third kappa shape index (κ3) is 8.41. The van der Waals surface area contributed by atoms with E-state index in [1.54, 1.807) is 60.7 Å². The molecule has 1 saturated carbocycles. The Morgan fingerprint density at radius 1 is 0.848 bits per heavy atom. The van der Waals surface area contributed by atoms with E-state index in [9.17, 15) is 18.0 Å². The normalized spacial score (nSPS) is 14.3. The van der Waals surface area contributed by atoms with Crippen LogP contribution in [0.5, 0.6) is 0 Å². The van der Waals surface area contributed by atoms with Crippen molar-refractivity contribution in [3.63, 3.8) is 0 Å². The number of amides is 2. The highest BCUT2D eigenvalue weighted by molar-refractivity contribution is 9.10. The van der Waals surface area contributed by atoms with Gasteiger partial charge in [-0.15, -0.1) is 0 Å². The van der Waals surface area contributed by atoms with Crippen LogP contribution < -0.4 is 9.62 Å². The number of carbonyl (C=O) groups is 2. The number of anilines is 1. The highest BCUT2D eigenvalue weighted by Gasteiger charge is 2.35. The molecule has 0 bridgehead atoms. The lowest BCUT2D eigenvalue weighted by Gasteiger charge is -2.35. The minimum atomic E-state index is -4.22. The molecule has 10 heteroatoms. The molecule has 0 aromatic heterocycles. The molecule has 1 atom stereocenters. The number of benzene rings is 4. The highest BCUT2D eigenvalue weighted by Crippen LogP contribution is 2.28. The second-order valence-corrected chi connectivity index (χ2v) is 14.2. The van der Waals surface area contributed by atoms with Gasteiger partial charge in [0.05, 0.1) is 10.6 Å². The second kappa shape index (κ2) is 15.5. The topological polar surface area (TPSA) is 86.8 Å². The van der Waals surface area contributed by atoms with Gasteiger partial charge >= 0.3 is 0 Å². The summed E-state index contributed by atoms with van der Waals surface area (Å²) in [5.74, 6) is -1.50. The van der Waals surface area contributed by atoms with Crippen LogP contribution in [0.4, 0.5) is 10.1 Å². The lowest BCUT2D eigenvalue weighted by atomic mass is 9.94. The fourth-order valence-electron chi connectivity index (χ4n) is 5.79. The van der Waals surface area contributed by atoms with Crippen molar-refractivity contribution in [1.29, 1.82) is 0 Å². The summed E-state index contributed by atoms with van der Waals surface area (Å²) < 4.78 is 44.9. The Hall–Kier alpha value is -4.02. The summed E-state index contributed by atoms with van der Waals surface area (Å²) in [7, 11) is -4.22. The minimum Gasteiger partial charge on any atom is -0.352 e. The van der Waals surface area contributed by atoms with Crippen LogP contribution in [0.1, 0.15) is 43.2 Å². The Morgan fingerprint density at radius 2 is 1.50 bits per heavy atom. The van der Waals surface area contributed by atoms with Crippen LogP contribution in [-0.2, 0) is 32.6 Å². The van der Waals surface area contributed by atoms with E-state index in [0.717, 1.165) is 42.0 Å². The summed E-state index contributed by atoms with van der Waals surface area (Å²) in [6.45, 7) is -0.830. The van der Waals surface area contributed by atoms with Crippen LogP contribution >= 0.6 is 15.9 Å². The second-order valence-electron chi connectivity index (χ2n) is 11.5. The third-order valence-corrected chi connectivity index (χ3v) is 10.5. The zero-order valence-electron chi connectivity index (χ0n) is 25.4. The van der Waals surface area contributed by atoms with Crippen molar-refractivity contribution in [1.82, 2.24) is 10.2 Å². The quantitative estimate of drug-likeness (QED) is 0.174. The number of carbonyl (C=O) groups excluding carboxylic acids is 2. The van der Waals surface area contributed by atoms with E-state index in [1.165, 1.54) is 23.1 Å². The molecule has 0 spiro atoms. The zero-order chi connectivity index (χ0) is 32.5. The maximum atomic E-state index is 15.1. The molecule has 0 saturated heterocycles. The van der Waals surface area contributed by atoms with Gasteiger partial charge in [-0.2, -0.15) is 0 Å². The predicted octanol–water partition coefficient (Wildman–Crippen LogP) is 6.87. The van der Waals surface area contributed by atoms with Crippen molar-refractivity contribution in [2.75, 3.05) is 10.8 Å². The summed E-state index contributed by atoms with van der Waals surface area (Å²) in [6.07, 6.45) is 4.98. The van der Waals surface area contributed by atoms with Crippen LogP contribution in [-0.4, -0.2) is 43.8 Å². The average molecular weight is 707 g/mol. The van der Waals surface area contributed by atoms with Crippen molar-refractivity contribution >= 4 is 43.5 Å². The molecule has 240 valence electrons. The molecule has 1 aliphatic rings. The molecule has 0 unspecified atom stereocenters. The molecule has 0 radical (unpaired) electrons. The standard InChI is InChI=1S/C36H37BrFN3O4S/c37-29-16-12-19-31(24-29)41(46(44,45)32-20-8-3-9-21-32)26-35(42)40(25-28-15-10-11-22-33(28)38)34(23-27-13-4-1-5-14-27)36(43)39-30-17-6-2-7-18-30/h1,3-5,8-16,19-22,24,30,34H,2,6-7,17-18,23,25-26H2,(H,39,43)/t34-/m0/s1. The van der Waals surface area contributed by atoms with E-state index in [0.29, 0.717) is 4.47 Å². The van der Waals surface area contributed by atoms with Crippen LogP contribution in [0, 0.1) is 5.82 Å². The number of rotatable bonds is 12. The smallest absolute Gasteiger partial charge is 0.264 e. The van der Waals surface area contributed by atoms with E-state index in [4.69, 9.17) is 0 Å². The number of sulfonamides is 1. The van der Waals surface area contributed by atoms with Crippen LogP contribution in [0.3, 0.4) is 0 Å². The Morgan fingerprint density at radius 3 is 2.17 bits per heavy atom. The maximum absolute atomic E-state index is 15.1. The van der Waals surface area contributed by atoms with Gasteiger partial charge < -0.3 is 10.2 Å². The lowest BCUT2D eigenvalue weighted by Crippen LogP contribution is -2.55. The summed E-state index contributed by atoms with van der Waals surface area (Å²) in [5, 5.41) is 3.16. The van der Waals surface area contributed by atoms with Gasteiger partial charge in [0.15, 0.2) is 0 Å². The monoisotopic (exact) mass is 705 g/mol. The van der Waals surface area contributed by atoms with Gasteiger partial charge in [-0.3, -0.25) is 13.9 Å². The Bertz CT molecular complexity index is 1730. The van der Waals surface area contributed by atoms with Gasteiger partial charge in [0.2, 0.25) is 11.8 Å². The van der Waals surface area contributed by atoms with E-state index in [-0.39, 0.29) is 41.1 Å². The Balaban J connectivity index is 1.56. The van der Waals surface area contributed by atoms with Crippen LogP contribution in [0.15, 0.2) is 119 Å². The third-order valence-electron chi connectivity index (χ3n) is 8.23. The molecule has 0 heterocycles. The first kappa shape index (κ1) is 33.3. The molecular formula is C36H37BrFN3O4S. The summed E-state index contributed by atoms with van der Waals surface area (Å²) in [5.41, 5.74) is 1.31. The van der Waals surface area contributed by atoms with E-state index >= 15 is 4.39 Å². The number of nitrogens with zero attached hydrogens (tertiary/aromatic N) is 2. The minimum absolute atomic E-state index is 0.0132. The molecule has 1 N–H and O–H groups in total. The first-order valence-electron chi connectivity index (χ1n) is 15.4. The van der Waals surface area contributed by atoms with Crippen molar-refractivity contribution in [3.8, 4) is 0 Å². The largest absolute Gasteiger partial charge is 0.352 e. The Kier molecular flexibility index (Phi) is 11.2. The Labute approximate surface area is 278 Å². The number of hydrogen-bond acceptors (Lipinski definition) is 4. The summed E-state index contributed by atoms with van der Waals surface area (Å²) in [4.78, 5) is 30.0. The predicted molar refractivity (Wildman–Crippen MR) is 181 cm³/mol. The van der Waals surface area contributed by atoms with Gasteiger partial charge in [-0.05, 0) is 54.8 Å². The van der Waals surface area contributed by atoms with E-state index < -0.39 is 34.3 Å². The maximum Gasteiger partial charge on any atom is 0.264 e. The summed E-state index contributed by atoms with van der Waals surface area (Å²) >= 11 is 3.42. The van der Waals surface area contributed by atoms with Crippen LogP contribution in [0.2, 0.25) is 0 Å². The van der Waals surface area contributed by atoms with Crippen molar-refractivity contribution in [2.45, 2.75) is 62.0 Å².